The molecule has 4 heteroatoms. The monoisotopic (exact) mass is 264 g/mol. The first-order valence-electron chi connectivity index (χ1n) is 6.61. The highest BCUT2D eigenvalue weighted by molar-refractivity contribution is 5.99. The fourth-order valence-electron chi connectivity index (χ4n) is 2.11. The number of hydrogen-bond donors (Lipinski definition) is 1. The van der Waals surface area contributed by atoms with E-state index in [1.165, 1.54) is 7.11 Å². The van der Waals surface area contributed by atoms with Gasteiger partial charge in [-0.1, -0.05) is 19.9 Å². The molecular weight excluding hydrogens is 240 g/mol. The molecule has 1 aromatic carbocycles. The molecule has 0 bridgehead atoms. The van der Waals surface area contributed by atoms with Gasteiger partial charge in [-0.15, -0.1) is 0 Å². The van der Waals surface area contributed by atoms with E-state index in [9.17, 15) is 4.79 Å². The zero-order valence-electron chi connectivity index (χ0n) is 12.4. The molecule has 0 aliphatic carbocycles. The zero-order valence-corrected chi connectivity index (χ0v) is 12.4. The predicted molar refractivity (Wildman–Crippen MR) is 79.5 cm³/mol. The summed E-state index contributed by atoms with van der Waals surface area (Å²) in [4.78, 5) is 14.1. The van der Waals surface area contributed by atoms with Gasteiger partial charge in [-0.05, 0) is 31.9 Å². The summed E-state index contributed by atoms with van der Waals surface area (Å²) in [5.74, 6) is 0.129. The molecule has 0 radical (unpaired) electrons. The van der Waals surface area contributed by atoms with Crippen LogP contribution in [0.3, 0.4) is 0 Å². The molecular formula is C15H24N2O2. The lowest BCUT2D eigenvalue weighted by molar-refractivity contribution is 0.0601. The molecule has 106 valence electrons. The van der Waals surface area contributed by atoms with Crippen LogP contribution in [0.1, 0.15) is 38.1 Å². The molecule has 0 saturated carbocycles. The van der Waals surface area contributed by atoms with Gasteiger partial charge < -0.3 is 15.4 Å². The number of benzene rings is 1. The Balaban J connectivity index is 3.31. The van der Waals surface area contributed by atoms with Gasteiger partial charge in [-0.3, -0.25) is 0 Å². The highest BCUT2D eigenvalue weighted by atomic mass is 16.5. The maximum Gasteiger partial charge on any atom is 0.340 e. The average molecular weight is 264 g/mol. The fourth-order valence-corrected chi connectivity index (χ4v) is 2.11. The van der Waals surface area contributed by atoms with Gasteiger partial charge >= 0.3 is 5.97 Å². The molecule has 0 heterocycles. The number of carbonyl (C=O) groups excluding carboxylic acids is 1. The predicted octanol–water partition coefficient (Wildman–Crippen LogP) is 2.93. The Hall–Kier alpha value is -1.71. The molecule has 0 saturated heterocycles. The van der Waals surface area contributed by atoms with Crippen molar-refractivity contribution in [2.45, 2.75) is 33.7 Å². The number of nitrogens with zero attached hydrogens (tertiary/aromatic N) is 1. The first kappa shape index (κ1) is 15.3. The summed E-state index contributed by atoms with van der Waals surface area (Å²) in [5.41, 5.74) is 7.99. The maximum atomic E-state index is 11.9. The molecule has 0 fully saturated rings. The third-order valence-electron chi connectivity index (χ3n) is 2.94. The quantitative estimate of drug-likeness (QED) is 0.656. The van der Waals surface area contributed by atoms with Gasteiger partial charge in [0.25, 0.3) is 0 Å². The lowest BCUT2D eigenvalue weighted by atomic mass is 10.1. The van der Waals surface area contributed by atoms with E-state index in [-0.39, 0.29) is 12.0 Å². The highest BCUT2D eigenvalue weighted by Crippen LogP contribution is 2.30. The van der Waals surface area contributed by atoms with Crippen LogP contribution >= 0.6 is 0 Å². The second-order valence-electron chi connectivity index (χ2n) is 5.37. The van der Waals surface area contributed by atoms with Gasteiger partial charge in [0.15, 0.2) is 0 Å². The average Bonchev–Trinajstić information content (AvgIpc) is 2.34. The summed E-state index contributed by atoms with van der Waals surface area (Å²) in [6, 6.07) is 5.61. The Morgan fingerprint density at radius 3 is 2.42 bits per heavy atom. The van der Waals surface area contributed by atoms with Crippen LogP contribution in [0, 0.1) is 5.92 Å². The summed E-state index contributed by atoms with van der Waals surface area (Å²) >= 11 is 0. The van der Waals surface area contributed by atoms with Crippen molar-refractivity contribution in [3.05, 3.63) is 23.8 Å². The van der Waals surface area contributed by atoms with Crippen LogP contribution < -0.4 is 10.6 Å². The first-order chi connectivity index (χ1) is 8.88. The number of nitrogen functional groups attached to an aromatic ring is 1. The molecule has 19 heavy (non-hydrogen) atoms. The summed E-state index contributed by atoms with van der Waals surface area (Å²) in [7, 11) is 1.39. The Bertz CT molecular complexity index is 442. The fraction of sp³-hybridized carbons (Fsp3) is 0.533. The van der Waals surface area contributed by atoms with Gasteiger partial charge in [0.1, 0.15) is 0 Å². The SMILES string of the molecule is COC(=O)c1cccc(N)c1N(CC(C)C)C(C)C. The highest BCUT2D eigenvalue weighted by Gasteiger charge is 2.22. The number of methoxy groups -OCH3 is 1. The topological polar surface area (TPSA) is 55.6 Å². The second kappa shape index (κ2) is 6.45. The molecule has 4 nitrogen and oxygen atoms in total. The van der Waals surface area contributed by atoms with Crippen LogP contribution in [0.25, 0.3) is 0 Å². The number of carbonyl (C=O) groups is 1. The summed E-state index contributed by atoms with van der Waals surface area (Å²) in [5, 5.41) is 0. The first-order valence-corrected chi connectivity index (χ1v) is 6.61. The Morgan fingerprint density at radius 2 is 1.95 bits per heavy atom. The molecule has 0 aliphatic heterocycles. The molecule has 2 N–H and O–H groups in total. The number of hydrogen-bond acceptors (Lipinski definition) is 4. The van der Waals surface area contributed by atoms with Crippen molar-refractivity contribution in [3.63, 3.8) is 0 Å². The molecule has 0 aromatic heterocycles. The van der Waals surface area contributed by atoms with Gasteiger partial charge in [0.2, 0.25) is 0 Å². The van der Waals surface area contributed by atoms with Gasteiger partial charge in [0.05, 0.1) is 24.0 Å². The van der Waals surface area contributed by atoms with Crippen LogP contribution in [0.4, 0.5) is 11.4 Å². The van der Waals surface area contributed by atoms with E-state index < -0.39 is 0 Å². The number of anilines is 2. The Kier molecular flexibility index (Phi) is 5.21. The molecule has 0 amide bonds. The Morgan fingerprint density at radius 1 is 1.32 bits per heavy atom. The molecule has 1 aromatic rings. The van der Waals surface area contributed by atoms with Crippen molar-refractivity contribution in [2.75, 3.05) is 24.3 Å². The summed E-state index contributed by atoms with van der Waals surface area (Å²) < 4.78 is 4.85. The van der Waals surface area contributed by atoms with E-state index in [0.717, 1.165) is 12.2 Å². The van der Waals surface area contributed by atoms with Crippen LogP contribution in [0.2, 0.25) is 0 Å². The van der Waals surface area contributed by atoms with Crippen molar-refractivity contribution >= 4 is 17.3 Å². The smallest absolute Gasteiger partial charge is 0.340 e. The minimum Gasteiger partial charge on any atom is -0.465 e. The van der Waals surface area contributed by atoms with E-state index in [0.29, 0.717) is 17.2 Å². The van der Waals surface area contributed by atoms with Crippen LogP contribution in [-0.4, -0.2) is 25.7 Å². The number of esters is 1. The van der Waals surface area contributed by atoms with Crippen molar-refractivity contribution in [1.29, 1.82) is 0 Å². The van der Waals surface area contributed by atoms with E-state index >= 15 is 0 Å². The lowest BCUT2D eigenvalue weighted by Crippen LogP contribution is -2.36. The minimum atomic E-state index is -0.350. The Labute approximate surface area is 115 Å². The standard InChI is InChI=1S/C15H24N2O2/c1-10(2)9-17(11(3)4)14-12(15(18)19-5)7-6-8-13(14)16/h6-8,10-11H,9,16H2,1-5H3. The molecule has 1 rings (SSSR count). The normalized spacial score (nSPS) is 10.9. The lowest BCUT2D eigenvalue weighted by Gasteiger charge is -2.33. The second-order valence-corrected chi connectivity index (χ2v) is 5.37. The van der Waals surface area contributed by atoms with Crippen molar-refractivity contribution in [1.82, 2.24) is 0 Å². The number of ether oxygens (including phenoxy) is 1. The van der Waals surface area contributed by atoms with Crippen LogP contribution in [0.15, 0.2) is 18.2 Å². The van der Waals surface area contributed by atoms with Crippen molar-refractivity contribution < 1.29 is 9.53 Å². The minimum absolute atomic E-state index is 0.260. The van der Waals surface area contributed by atoms with Crippen molar-refractivity contribution in [2.24, 2.45) is 5.92 Å². The van der Waals surface area contributed by atoms with Crippen LogP contribution in [0.5, 0.6) is 0 Å². The van der Waals surface area contributed by atoms with Gasteiger partial charge in [-0.25, -0.2) is 4.79 Å². The van der Waals surface area contributed by atoms with E-state index in [1.54, 1.807) is 12.1 Å². The number of para-hydroxylation sites is 1. The number of rotatable bonds is 5. The molecule has 0 unspecified atom stereocenters. The zero-order chi connectivity index (χ0) is 14.6. The van der Waals surface area contributed by atoms with E-state index in [4.69, 9.17) is 10.5 Å². The summed E-state index contributed by atoms with van der Waals surface area (Å²) in [6.07, 6.45) is 0. The van der Waals surface area contributed by atoms with Crippen molar-refractivity contribution in [3.8, 4) is 0 Å². The van der Waals surface area contributed by atoms with Gasteiger partial charge in [0, 0.05) is 12.6 Å². The largest absolute Gasteiger partial charge is 0.465 e. The van der Waals surface area contributed by atoms with Gasteiger partial charge in [-0.2, -0.15) is 0 Å². The third kappa shape index (κ3) is 3.63. The van der Waals surface area contributed by atoms with Crippen LogP contribution in [-0.2, 0) is 4.74 Å². The third-order valence-corrected chi connectivity index (χ3v) is 2.94. The molecule has 0 atom stereocenters. The molecule has 0 aliphatic rings. The number of nitrogens with two attached hydrogens (primary N) is 1. The maximum absolute atomic E-state index is 11.9. The molecule has 0 spiro atoms. The van der Waals surface area contributed by atoms with E-state index in [2.05, 4.69) is 32.6 Å². The summed E-state index contributed by atoms with van der Waals surface area (Å²) in [6.45, 7) is 9.32. The van der Waals surface area contributed by atoms with E-state index in [1.807, 2.05) is 6.07 Å².